The van der Waals surface area contributed by atoms with Crippen molar-refractivity contribution in [1.29, 1.82) is 0 Å². The van der Waals surface area contributed by atoms with Gasteiger partial charge in [-0.15, -0.1) is 0 Å². The minimum atomic E-state index is -1.02. The normalized spacial score (nSPS) is 16.6. The number of unbranched alkanes of at least 4 members (excludes halogenated alkanes) is 6. The highest BCUT2D eigenvalue weighted by Crippen LogP contribution is 2.34. The van der Waals surface area contributed by atoms with Gasteiger partial charge in [-0.3, -0.25) is 9.59 Å². The minimum absolute atomic E-state index is 0.248. The van der Waals surface area contributed by atoms with Crippen molar-refractivity contribution in [2.45, 2.75) is 64.4 Å². The topological polar surface area (TPSA) is 66.8 Å². The van der Waals surface area contributed by atoms with Crippen LogP contribution in [0.1, 0.15) is 58.3 Å². The van der Waals surface area contributed by atoms with Crippen LogP contribution in [0.15, 0.2) is 24.3 Å². The summed E-state index contributed by atoms with van der Waals surface area (Å²) in [5, 5.41) is 8.98. The zero-order valence-electron chi connectivity index (χ0n) is 14.4. The van der Waals surface area contributed by atoms with Gasteiger partial charge < -0.3 is 14.7 Å². The van der Waals surface area contributed by atoms with Gasteiger partial charge in [-0.05, 0) is 18.6 Å². The van der Waals surface area contributed by atoms with Crippen molar-refractivity contribution in [2.24, 2.45) is 0 Å². The maximum atomic E-state index is 12.6. The number of fused-ring (bicyclic) bond motifs is 1. The van der Waals surface area contributed by atoms with Crippen molar-refractivity contribution in [3.05, 3.63) is 24.3 Å². The van der Waals surface area contributed by atoms with E-state index >= 15 is 0 Å². The fraction of sp³-hybridized carbons (Fsp3) is 0.579. The van der Waals surface area contributed by atoms with Crippen LogP contribution in [0.5, 0.6) is 5.75 Å². The third-order valence-electron chi connectivity index (χ3n) is 4.31. The second-order valence-corrected chi connectivity index (χ2v) is 6.28. The zero-order chi connectivity index (χ0) is 17.4. The van der Waals surface area contributed by atoms with E-state index in [-0.39, 0.29) is 12.3 Å². The first-order valence-corrected chi connectivity index (χ1v) is 8.92. The summed E-state index contributed by atoms with van der Waals surface area (Å²) >= 11 is 0. The minimum Gasteiger partial charge on any atom is -0.481 e. The molecule has 0 fully saturated rings. The molecular formula is C19H27NO4. The van der Waals surface area contributed by atoms with Crippen LogP contribution in [0.2, 0.25) is 0 Å². The number of nitrogens with zero attached hydrogens (tertiary/aromatic N) is 1. The van der Waals surface area contributed by atoms with E-state index in [4.69, 9.17) is 9.84 Å². The number of rotatable bonds is 10. The fourth-order valence-corrected chi connectivity index (χ4v) is 3.02. The molecule has 0 bridgehead atoms. The van der Waals surface area contributed by atoms with E-state index in [0.29, 0.717) is 12.3 Å². The predicted molar refractivity (Wildman–Crippen MR) is 93.5 cm³/mol. The van der Waals surface area contributed by atoms with E-state index in [1.54, 1.807) is 11.0 Å². The number of hydrogen-bond acceptors (Lipinski definition) is 3. The molecule has 24 heavy (non-hydrogen) atoms. The molecule has 1 unspecified atom stereocenters. The van der Waals surface area contributed by atoms with Crippen molar-refractivity contribution in [1.82, 2.24) is 0 Å². The largest absolute Gasteiger partial charge is 0.481 e. The molecule has 132 valence electrons. The van der Waals surface area contributed by atoms with Gasteiger partial charge >= 0.3 is 5.97 Å². The molecule has 0 aromatic heterocycles. The van der Waals surface area contributed by atoms with Gasteiger partial charge in [-0.1, -0.05) is 57.6 Å². The van der Waals surface area contributed by atoms with Crippen molar-refractivity contribution < 1.29 is 19.4 Å². The van der Waals surface area contributed by atoms with E-state index in [0.717, 1.165) is 18.5 Å². The Balaban J connectivity index is 1.93. The highest BCUT2D eigenvalue weighted by atomic mass is 16.5. The number of hydrogen-bond donors (Lipinski definition) is 1. The van der Waals surface area contributed by atoms with Crippen LogP contribution >= 0.6 is 0 Å². The number of ether oxygens (including phenoxy) is 1. The molecule has 0 saturated carbocycles. The summed E-state index contributed by atoms with van der Waals surface area (Å²) in [7, 11) is 0. The lowest BCUT2D eigenvalue weighted by atomic mass is 10.1. The van der Waals surface area contributed by atoms with Crippen LogP contribution in [0.25, 0.3) is 0 Å². The van der Waals surface area contributed by atoms with E-state index in [2.05, 4.69) is 6.92 Å². The molecule has 0 saturated heterocycles. The van der Waals surface area contributed by atoms with Gasteiger partial charge in [0.25, 0.3) is 5.91 Å². The van der Waals surface area contributed by atoms with Crippen LogP contribution in [0.4, 0.5) is 5.69 Å². The molecule has 2 rings (SSSR count). The van der Waals surface area contributed by atoms with Gasteiger partial charge in [-0.2, -0.15) is 0 Å². The summed E-state index contributed by atoms with van der Waals surface area (Å²) in [6.07, 6.45) is 6.99. The molecule has 1 amide bonds. The number of carbonyl (C=O) groups is 2. The Hall–Kier alpha value is -2.04. The maximum Gasteiger partial charge on any atom is 0.307 e. The first kappa shape index (κ1) is 18.3. The molecule has 5 heteroatoms. The SMILES string of the molecule is CCCCCCCCCN1C(=O)C(CC(=O)O)Oc2ccccc21. The molecule has 1 aromatic carbocycles. The molecule has 1 N–H and O–H groups in total. The number of amides is 1. The number of anilines is 1. The van der Waals surface area contributed by atoms with Crippen LogP contribution < -0.4 is 9.64 Å². The van der Waals surface area contributed by atoms with Crippen LogP contribution in [0.3, 0.4) is 0 Å². The monoisotopic (exact) mass is 333 g/mol. The molecule has 5 nitrogen and oxygen atoms in total. The van der Waals surface area contributed by atoms with E-state index < -0.39 is 12.1 Å². The van der Waals surface area contributed by atoms with Crippen LogP contribution in [0, 0.1) is 0 Å². The highest BCUT2D eigenvalue weighted by Gasteiger charge is 2.35. The van der Waals surface area contributed by atoms with Gasteiger partial charge in [0, 0.05) is 6.54 Å². The van der Waals surface area contributed by atoms with Crippen molar-refractivity contribution in [3.63, 3.8) is 0 Å². The first-order valence-electron chi connectivity index (χ1n) is 8.92. The summed E-state index contributed by atoms with van der Waals surface area (Å²) in [6.45, 7) is 2.82. The Morgan fingerprint density at radius 1 is 1.12 bits per heavy atom. The first-order chi connectivity index (χ1) is 11.6. The number of carboxylic acid groups (broad SMARTS) is 1. The summed E-state index contributed by atoms with van der Waals surface area (Å²) in [5.41, 5.74) is 0.745. The van der Waals surface area contributed by atoms with Crippen molar-refractivity contribution in [2.75, 3.05) is 11.4 Å². The molecule has 1 atom stereocenters. The van der Waals surface area contributed by atoms with E-state index in [9.17, 15) is 9.59 Å². The second kappa shape index (κ2) is 9.30. The van der Waals surface area contributed by atoms with Crippen molar-refractivity contribution in [3.8, 4) is 5.75 Å². The van der Waals surface area contributed by atoms with Gasteiger partial charge in [0.2, 0.25) is 0 Å². The average molecular weight is 333 g/mol. The smallest absolute Gasteiger partial charge is 0.307 e. The standard InChI is InChI=1S/C19H27NO4/c1-2-3-4-5-6-7-10-13-20-15-11-8-9-12-16(15)24-17(19(20)23)14-18(21)22/h8-9,11-12,17H,2-7,10,13-14H2,1H3,(H,21,22). The Bertz CT molecular complexity index is 558. The van der Waals surface area contributed by atoms with E-state index in [1.807, 2.05) is 18.2 Å². The fourth-order valence-electron chi connectivity index (χ4n) is 3.02. The zero-order valence-corrected chi connectivity index (χ0v) is 14.4. The van der Waals surface area contributed by atoms with Gasteiger partial charge in [-0.25, -0.2) is 0 Å². The lowest BCUT2D eigenvalue weighted by Crippen LogP contribution is -2.47. The Labute approximate surface area is 143 Å². The van der Waals surface area contributed by atoms with Crippen molar-refractivity contribution >= 4 is 17.6 Å². The Morgan fingerprint density at radius 2 is 1.79 bits per heavy atom. The van der Waals surface area contributed by atoms with Gasteiger partial charge in [0.1, 0.15) is 5.75 Å². The third-order valence-corrected chi connectivity index (χ3v) is 4.31. The van der Waals surface area contributed by atoms with E-state index in [1.165, 1.54) is 32.1 Å². The number of aliphatic carboxylic acids is 1. The lowest BCUT2D eigenvalue weighted by molar-refractivity contribution is -0.142. The van der Waals surface area contributed by atoms with Gasteiger partial charge in [0.15, 0.2) is 6.10 Å². The molecule has 1 heterocycles. The molecule has 1 aliphatic heterocycles. The predicted octanol–water partition coefficient (Wildman–Crippen LogP) is 4.01. The number of benzene rings is 1. The van der Waals surface area contributed by atoms with Gasteiger partial charge in [0.05, 0.1) is 12.1 Å². The average Bonchev–Trinajstić information content (AvgIpc) is 2.56. The lowest BCUT2D eigenvalue weighted by Gasteiger charge is -2.34. The number of carbonyl (C=O) groups excluding carboxylic acids is 1. The number of carboxylic acids is 1. The highest BCUT2D eigenvalue weighted by molar-refractivity contribution is 6.01. The number of para-hydroxylation sites is 2. The molecule has 1 aliphatic rings. The summed E-state index contributed by atoms with van der Waals surface area (Å²) in [5.74, 6) is -0.683. The Morgan fingerprint density at radius 3 is 2.50 bits per heavy atom. The summed E-state index contributed by atoms with van der Waals surface area (Å²) in [6, 6.07) is 7.34. The van der Waals surface area contributed by atoms with Crippen LogP contribution in [-0.4, -0.2) is 29.6 Å². The quantitative estimate of drug-likeness (QED) is 0.657. The summed E-state index contributed by atoms with van der Waals surface area (Å²) < 4.78 is 5.58. The Kier molecular flexibility index (Phi) is 7.09. The second-order valence-electron chi connectivity index (χ2n) is 6.28. The van der Waals surface area contributed by atoms with Crippen LogP contribution in [-0.2, 0) is 9.59 Å². The molecule has 0 spiro atoms. The maximum absolute atomic E-state index is 12.6. The molecule has 0 radical (unpaired) electrons. The molecule has 0 aliphatic carbocycles. The molecular weight excluding hydrogens is 306 g/mol. The third kappa shape index (κ3) is 4.98. The molecule has 1 aromatic rings. The summed E-state index contributed by atoms with van der Waals surface area (Å²) in [4.78, 5) is 25.2.